The number of methoxy groups -OCH3 is 3. The minimum Gasteiger partial charge on any atom is -0.496 e. The van der Waals surface area contributed by atoms with Gasteiger partial charge in [0.2, 0.25) is 10.0 Å². The molecule has 8 bridgehead atoms. The standard InChI is InChI=1S/C31H42N2O3S.C31H40N2O2.C30H38N2O2.C26H30F3NO2/c1-36-31-13-9-27(25-7-11-29(12-8-25)37(34,35)33-16-2-3-17-33)22-30(31)26-14-18-32(19-15-26)28-10-6-23-4-5-24(20-23)21-28;1-35-30-12-11-26(23-7-9-25(10-8-23)31(34)33-15-3-2-4-16-33)21-28(30)24-13-17-32(18-14-24)29-20-22-5-6-27(29)19-22;33-29(24-9-11-26(12-10-24)31-15-3-4-16-31)21-34-30-6-2-1-5-27(30)23-13-17-32(18-14-23)28-20-22-7-8-25(28)19-22;1-31-25-9-6-20(18-4-7-22(8-5-18)32-26(27,28)29)16-23(25)19-10-12-30(13-11-19)24-15-17-2-3-21(24)14-17/h7-9,11-13,22-24,26,28H,2-6,10,14-21H2,1H3;7-12,21-22,24,27,29H,2-6,13-20H2,1H3;1-2,5-6,9-12,22-23,25,28H,3-4,7-8,13-21H2;4-9,16-17,19,21,24H,2-3,10-15H2,1H3/t;22-,27-,29-;22-,25-,28-;17-,21-,24-/m.000/s1. The van der Waals surface area contributed by atoms with Crippen LogP contribution >= 0.6 is 0 Å². The predicted octanol–water partition coefficient (Wildman–Crippen LogP) is 25.2. The van der Waals surface area contributed by atoms with Crippen LogP contribution in [0.2, 0.25) is 0 Å². The van der Waals surface area contributed by atoms with E-state index in [-0.39, 0.29) is 24.0 Å². The Morgan fingerprint density at radius 2 is 0.739 bits per heavy atom. The zero-order valence-electron chi connectivity index (χ0n) is 82.3. The maximum absolute atomic E-state index is 12.9. The van der Waals surface area contributed by atoms with E-state index in [0.29, 0.717) is 41.7 Å². The lowest BCUT2D eigenvalue weighted by molar-refractivity contribution is -0.274. The van der Waals surface area contributed by atoms with Crippen molar-refractivity contribution in [3.05, 3.63) is 209 Å². The molecule has 8 aromatic rings. The van der Waals surface area contributed by atoms with Crippen LogP contribution in [0.3, 0.4) is 0 Å². The SMILES string of the molecule is COc1ccc(-c2ccc(C(=O)N3CCCCC3)cc2)cc1C1CCN([C@H]2C[C@H]3CC[C@H]2C3)CC1.COc1ccc(-c2ccc(OC(F)(F)F)cc2)cc1C1CCN([C@H]2C[C@H]3CC[C@H]2C3)CC1.COc1ccc(-c2ccc(S(=O)(=O)N3CCCC3)cc2)cc1C1CCN(C2CCC3CCC(C3)C2)CC1.O=C(COc1ccccc1C1CCN([C@H]2C[C@H]3CC[C@H]2C3)CC1)c1ccc(N2CCCC2)cc1. The number of nitrogens with zero attached hydrogens (tertiary/aromatic N) is 7. The number of hydrogen-bond acceptors (Lipinski definition) is 14. The molecule has 8 aliphatic carbocycles. The highest BCUT2D eigenvalue weighted by molar-refractivity contribution is 7.89. The molecular weight excluding hydrogens is 1750 g/mol. The zero-order chi connectivity index (χ0) is 94.4. The lowest BCUT2D eigenvalue weighted by Gasteiger charge is -2.40. The molecule has 138 heavy (non-hydrogen) atoms. The number of carbonyl (C=O) groups excluding carboxylic acids is 2. The van der Waals surface area contributed by atoms with E-state index in [1.807, 2.05) is 65.6 Å². The van der Waals surface area contributed by atoms with Gasteiger partial charge in [0.25, 0.3) is 5.91 Å². The van der Waals surface area contributed by atoms with Gasteiger partial charge in [-0.05, 0) is 462 Å². The molecule has 7 heterocycles. The number of halogens is 3. The fraction of sp³-hybridized carbons (Fsp3) is 0.576. The molecule has 20 heteroatoms. The van der Waals surface area contributed by atoms with E-state index in [0.717, 1.165) is 206 Å². The second-order valence-electron chi connectivity index (χ2n) is 44.0. The average Bonchev–Trinajstić information content (AvgIpc) is 1.67. The van der Waals surface area contributed by atoms with Crippen molar-refractivity contribution < 1.29 is 54.9 Å². The maximum Gasteiger partial charge on any atom is 0.573 e. The van der Waals surface area contributed by atoms with E-state index in [1.165, 1.54) is 264 Å². The van der Waals surface area contributed by atoms with Crippen LogP contribution in [0.1, 0.15) is 279 Å². The lowest BCUT2D eigenvalue weighted by atomic mass is 9.85. The molecule has 0 N–H and O–H groups in total. The highest BCUT2D eigenvalue weighted by Crippen LogP contribution is 2.53. The number of alkyl halides is 3. The van der Waals surface area contributed by atoms with E-state index < -0.39 is 16.4 Å². The second-order valence-corrected chi connectivity index (χ2v) is 45.9. The molecule has 12 atom stereocenters. The fourth-order valence-electron chi connectivity index (χ4n) is 28.6. The smallest absolute Gasteiger partial charge is 0.496 e. The summed E-state index contributed by atoms with van der Waals surface area (Å²) in [6.07, 6.45) is 38.8. The molecule has 7 saturated heterocycles. The number of ether oxygens (including phenoxy) is 5. The van der Waals surface area contributed by atoms with Gasteiger partial charge in [-0.25, -0.2) is 8.42 Å². The maximum atomic E-state index is 12.9. The van der Waals surface area contributed by atoms with Crippen molar-refractivity contribution in [2.24, 2.45) is 47.3 Å². The summed E-state index contributed by atoms with van der Waals surface area (Å²) in [7, 11) is 1.88. The van der Waals surface area contributed by atoms with Gasteiger partial charge in [-0.1, -0.05) is 105 Å². The number of fused-ring (bicyclic) bond motifs is 8. The third-order valence-electron chi connectivity index (χ3n) is 36.1. The monoisotopic (exact) mass is 1900 g/mol. The number of hydrogen-bond donors (Lipinski definition) is 0. The predicted molar refractivity (Wildman–Crippen MR) is 544 cm³/mol. The number of likely N-dealkylation sites (tertiary alicyclic amines) is 5. The Bertz CT molecular complexity index is 5500. The highest BCUT2D eigenvalue weighted by Gasteiger charge is 2.47. The molecule has 0 radical (unpaired) electrons. The molecule has 8 aromatic carbocycles. The summed E-state index contributed by atoms with van der Waals surface area (Å²) in [4.78, 5) is 41.6. The molecule has 0 aromatic heterocycles. The summed E-state index contributed by atoms with van der Waals surface area (Å²) in [5.41, 5.74) is 14.3. The van der Waals surface area contributed by atoms with Gasteiger partial charge in [-0.15, -0.1) is 13.2 Å². The first-order chi connectivity index (χ1) is 67.3. The van der Waals surface area contributed by atoms with Gasteiger partial charge >= 0.3 is 6.36 Å². The molecule has 1 amide bonds. The van der Waals surface area contributed by atoms with Gasteiger partial charge < -0.3 is 53.1 Å². The summed E-state index contributed by atoms with van der Waals surface area (Å²) >= 11 is 0. The quantitative estimate of drug-likeness (QED) is 0.0562. The molecule has 7 aliphatic heterocycles. The fourth-order valence-corrected chi connectivity index (χ4v) is 30.2. The van der Waals surface area contributed by atoms with Gasteiger partial charge in [-0.3, -0.25) is 9.59 Å². The molecule has 23 rings (SSSR count). The Morgan fingerprint density at radius 3 is 1.19 bits per heavy atom. The molecular formula is C118H150F3N7O9S. The van der Waals surface area contributed by atoms with Gasteiger partial charge in [0.15, 0.2) is 12.4 Å². The van der Waals surface area contributed by atoms with E-state index in [9.17, 15) is 31.2 Å². The largest absolute Gasteiger partial charge is 0.573 e. The molecule has 3 unspecified atom stereocenters. The first-order valence-electron chi connectivity index (χ1n) is 53.8. The summed E-state index contributed by atoms with van der Waals surface area (Å²) < 4.78 is 92.2. The van der Waals surface area contributed by atoms with Crippen molar-refractivity contribution in [3.63, 3.8) is 0 Å². The zero-order valence-corrected chi connectivity index (χ0v) is 83.1. The number of sulfonamides is 1. The number of ketones is 1. The van der Waals surface area contributed by atoms with Crippen LogP contribution in [0.25, 0.3) is 33.4 Å². The Kier molecular flexibility index (Phi) is 30.8. The lowest BCUT2D eigenvalue weighted by Crippen LogP contribution is -2.43. The topological polar surface area (TPSA) is 137 Å². The van der Waals surface area contributed by atoms with Crippen molar-refractivity contribution in [2.75, 3.05) is 124 Å². The minimum absolute atomic E-state index is 0.0499. The van der Waals surface area contributed by atoms with Crippen molar-refractivity contribution >= 4 is 27.4 Å². The average molecular weight is 1900 g/mol. The molecule has 15 aliphatic rings. The summed E-state index contributed by atoms with van der Waals surface area (Å²) in [6.45, 7) is 14.9. The van der Waals surface area contributed by atoms with Crippen LogP contribution in [0, 0.1) is 47.3 Å². The van der Waals surface area contributed by atoms with Gasteiger partial charge in [0.1, 0.15) is 28.7 Å². The van der Waals surface area contributed by atoms with Crippen LogP contribution in [-0.4, -0.2) is 199 Å². The van der Waals surface area contributed by atoms with Crippen molar-refractivity contribution in [2.45, 2.75) is 271 Å². The Balaban J connectivity index is 0.000000114. The Labute approximate surface area is 820 Å². The Morgan fingerprint density at radius 1 is 0.348 bits per heavy atom. The van der Waals surface area contributed by atoms with Gasteiger partial charge in [-0.2, -0.15) is 4.31 Å². The number of Topliss-reactive ketones (excluding diaryl/α,β-unsaturated/α-hetero) is 1. The van der Waals surface area contributed by atoms with Crippen LogP contribution in [0.4, 0.5) is 18.9 Å². The molecule has 738 valence electrons. The molecule has 8 saturated carbocycles. The summed E-state index contributed by atoms with van der Waals surface area (Å²) in [5, 5.41) is 0. The number of piperidine rings is 5. The summed E-state index contributed by atoms with van der Waals surface area (Å²) in [6, 6.07) is 60.7. The minimum atomic E-state index is -4.68. The van der Waals surface area contributed by atoms with Crippen molar-refractivity contribution in [1.29, 1.82) is 0 Å². The molecule has 16 nitrogen and oxygen atoms in total. The normalized spacial score (nSPS) is 27.3. The highest BCUT2D eigenvalue weighted by atomic mass is 32.2. The van der Waals surface area contributed by atoms with E-state index in [4.69, 9.17) is 18.9 Å². The van der Waals surface area contributed by atoms with Crippen LogP contribution in [0.5, 0.6) is 28.7 Å². The number of para-hydroxylation sites is 1. The summed E-state index contributed by atoms with van der Waals surface area (Å²) in [5.74, 6) is 13.6. The van der Waals surface area contributed by atoms with Gasteiger partial charge in [0, 0.05) is 80.3 Å². The second kappa shape index (κ2) is 44.0. The van der Waals surface area contributed by atoms with E-state index in [2.05, 4.69) is 108 Å². The number of amides is 1. The van der Waals surface area contributed by atoms with Crippen molar-refractivity contribution in [1.82, 2.24) is 28.8 Å². The first-order valence-corrected chi connectivity index (χ1v) is 55.2. The molecule has 15 fully saturated rings. The first kappa shape index (κ1) is 96.7. The van der Waals surface area contributed by atoms with E-state index in [1.54, 1.807) is 49.9 Å². The van der Waals surface area contributed by atoms with E-state index >= 15 is 0 Å². The third-order valence-corrected chi connectivity index (χ3v) is 38.0. The third kappa shape index (κ3) is 22.5. The van der Waals surface area contributed by atoms with Crippen LogP contribution < -0.4 is 28.6 Å². The van der Waals surface area contributed by atoms with Gasteiger partial charge in [0.05, 0.1) is 26.2 Å². The Hall–Kier alpha value is -8.76. The number of benzene rings is 8. The molecule has 0 spiro atoms. The van der Waals surface area contributed by atoms with Crippen LogP contribution in [0.15, 0.2) is 181 Å². The van der Waals surface area contributed by atoms with Crippen LogP contribution in [-0.2, 0) is 10.0 Å². The number of anilines is 1. The van der Waals surface area contributed by atoms with Crippen molar-refractivity contribution in [3.8, 4) is 62.1 Å². The number of carbonyl (C=O) groups is 2. The number of rotatable bonds is 23.